The number of anilines is 1. The van der Waals surface area contributed by atoms with Crippen molar-refractivity contribution in [3.05, 3.63) is 51.5 Å². The van der Waals surface area contributed by atoms with Gasteiger partial charge in [0.15, 0.2) is 0 Å². The molecule has 1 aromatic heterocycles. The molecule has 1 heterocycles. The van der Waals surface area contributed by atoms with Crippen molar-refractivity contribution in [1.29, 1.82) is 0 Å². The molecular formula is C11H6BrClFN3O. The van der Waals surface area contributed by atoms with Crippen molar-refractivity contribution in [2.24, 2.45) is 0 Å². The number of carbonyl (C=O) groups is 1. The third-order valence-corrected chi connectivity index (χ3v) is 2.76. The lowest BCUT2D eigenvalue weighted by Gasteiger charge is -2.06. The summed E-state index contributed by atoms with van der Waals surface area (Å²) in [6.45, 7) is 0. The molecule has 4 nitrogen and oxygen atoms in total. The standard InChI is InChI=1S/C11H6BrClFN3O/c12-6-4-15-11(16-5-6)17-10(18)9-7(13)2-1-3-8(9)14/h1-5H,(H,15,16,17,18). The van der Waals surface area contributed by atoms with E-state index in [0.29, 0.717) is 4.47 Å². The minimum atomic E-state index is -0.697. The topological polar surface area (TPSA) is 54.9 Å². The first kappa shape index (κ1) is 12.9. The SMILES string of the molecule is O=C(Nc1ncc(Br)cn1)c1c(F)cccc1Cl. The smallest absolute Gasteiger partial charge is 0.262 e. The van der Waals surface area contributed by atoms with Gasteiger partial charge in [0.25, 0.3) is 5.91 Å². The summed E-state index contributed by atoms with van der Waals surface area (Å²) in [5.41, 5.74) is -0.231. The molecule has 0 unspecified atom stereocenters. The van der Waals surface area contributed by atoms with Crippen LogP contribution in [0.1, 0.15) is 10.4 Å². The fourth-order valence-corrected chi connectivity index (χ4v) is 1.71. The number of halogens is 3. The van der Waals surface area contributed by atoms with Crippen LogP contribution in [0.5, 0.6) is 0 Å². The number of amides is 1. The van der Waals surface area contributed by atoms with E-state index in [1.807, 2.05) is 0 Å². The van der Waals surface area contributed by atoms with E-state index in [1.54, 1.807) is 0 Å². The molecule has 2 aromatic rings. The molecule has 0 saturated heterocycles. The molecule has 0 spiro atoms. The van der Waals surface area contributed by atoms with Crippen molar-refractivity contribution < 1.29 is 9.18 Å². The molecule has 0 aliphatic rings. The Morgan fingerprint density at radius 1 is 1.33 bits per heavy atom. The zero-order valence-corrected chi connectivity index (χ0v) is 11.2. The van der Waals surface area contributed by atoms with Gasteiger partial charge in [0, 0.05) is 12.4 Å². The van der Waals surface area contributed by atoms with Gasteiger partial charge in [-0.3, -0.25) is 10.1 Å². The summed E-state index contributed by atoms with van der Waals surface area (Å²) in [7, 11) is 0. The monoisotopic (exact) mass is 329 g/mol. The number of hydrogen-bond donors (Lipinski definition) is 1. The average molecular weight is 331 g/mol. The van der Waals surface area contributed by atoms with Gasteiger partial charge in [-0.25, -0.2) is 14.4 Å². The first-order valence-electron chi connectivity index (χ1n) is 4.81. The van der Waals surface area contributed by atoms with Gasteiger partial charge in [-0.05, 0) is 28.1 Å². The number of benzene rings is 1. The zero-order chi connectivity index (χ0) is 13.1. The molecule has 7 heteroatoms. The summed E-state index contributed by atoms with van der Waals surface area (Å²) < 4.78 is 14.1. The minimum Gasteiger partial charge on any atom is -0.290 e. The van der Waals surface area contributed by atoms with Crippen LogP contribution in [0.15, 0.2) is 35.1 Å². The maximum atomic E-state index is 13.5. The molecule has 1 N–H and O–H groups in total. The second-order valence-corrected chi connectivity index (χ2v) is 4.60. The minimum absolute atomic E-state index is 0.0320. The Morgan fingerprint density at radius 3 is 2.61 bits per heavy atom. The highest BCUT2D eigenvalue weighted by Crippen LogP contribution is 2.19. The molecule has 92 valence electrons. The summed E-state index contributed by atoms with van der Waals surface area (Å²) in [6.07, 6.45) is 2.93. The Hall–Kier alpha value is -1.53. The van der Waals surface area contributed by atoms with Crippen molar-refractivity contribution >= 4 is 39.4 Å². The van der Waals surface area contributed by atoms with Gasteiger partial charge in [-0.1, -0.05) is 17.7 Å². The van der Waals surface area contributed by atoms with E-state index >= 15 is 0 Å². The molecule has 0 aliphatic heterocycles. The van der Waals surface area contributed by atoms with Gasteiger partial charge < -0.3 is 0 Å². The molecule has 2 rings (SSSR count). The highest BCUT2D eigenvalue weighted by Gasteiger charge is 2.16. The summed E-state index contributed by atoms with van der Waals surface area (Å²) in [5.74, 6) is -1.32. The first-order chi connectivity index (χ1) is 8.58. The normalized spacial score (nSPS) is 10.2. The maximum Gasteiger partial charge on any atom is 0.262 e. The van der Waals surface area contributed by atoms with E-state index in [1.165, 1.54) is 24.5 Å². The maximum absolute atomic E-state index is 13.5. The Balaban J connectivity index is 2.25. The van der Waals surface area contributed by atoms with E-state index in [-0.39, 0.29) is 16.5 Å². The zero-order valence-electron chi connectivity index (χ0n) is 8.82. The van der Waals surface area contributed by atoms with Crippen LogP contribution < -0.4 is 5.32 Å². The van der Waals surface area contributed by atoms with E-state index in [4.69, 9.17) is 11.6 Å². The highest BCUT2D eigenvalue weighted by molar-refractivity contribution is 9.10. The molecule has 1 aromatic carbocycles. The third-order valence-electron chi connectivity index (χ3n) is 2.04. The summed E-state index contributed by atoms with van der Waals surface area (Å²) in [5, 5.41) is 2.39. The van der Waals surface area contributed by atoms with Crippen LogP contribution in [-0.4, -0.2) is 15.9 Å². The summed E-state index contributed by atoms with van der Waals surface area (Å²) in [6, 6.07) is 4.01. The fourth-order valence-electron chi connectivity index (χ4n) is 1.26. The molecule has 0 fully saturated rings. The van der Waals surface area contributed by atoms with Crippen molar-refractivity contribution in [2.75, 3.05) is 5.32 Å². The van der Waals surface area contributed by atoms with Gasteiger partial charge in [0.2, 0.25) is 5.95 Å². The quantitative estimate of drug-likeness (QED) is 0.919. The van der Waals surface area contributed by atoms with Crippen LogP contribution in [0.3, 0.4) is 0 Å². The van der Waals surface area contributed by atoms with Gasteiger partial charge in [-0.2, -0.15) is 0 Å². The third kappa shape index (κ3) is 2.83. The van der Waals surface area contributed by atoms with Crippen LogP contribution >= 0.6 is 27.5 Å². The lowest BCUT2D eigenvalue weighted by atomic mass is 10.2. The largest absolute Gasteiger partial charge is 0.290 e. The second kappa shape index (κ2) is 5.41. The lowest BCUT2D eigenvalue weighted by molar-refractivity contribution is 0.102. The molecule has 18 heavy (non-hydrogen) atoms. The van der Waals surface area contributed by atoms with Crippen molar-refractivity contribution in [3.8, 4) is 0 Å². The number of hydrogen-bond acceptors (Lipinski definition) is 3. The lowest BCUT2D eigenvalue weighted by Crippen LogP contribution is -2.16. The molecule has 1 amide bonds. The van der Waals surface area contributed by atoms with E-state index in [2.05, 4.69) is 31.2 Å². The van der Waals surface area contributed by atoms with Crippen molar-refractivity contribution in [2.45, 2.75) is 0 Å². The number of carbonyl (C=O) groups excluding carboxylic acids is 1. The summed E-state index contributed by atoms with van der Waals surface area (Å²) in [4.78, 5) is 19.5. The second-order valence-electron chi connectivity index (χ2n) is 3.28. The van der Waals surface area contributed by atoms with Gasteiger partial charge in [-0.15, -0.1) is 0 Å². The average Bonchev–Trinajstić information content (AvgIpc) is 2.32. The van der Waals surface area contributed by atoms with Crippen LogP contribution in [0.2, 0.25) is 5.02 Å². The van der Waals surface area contributed by atoms with Gasteiger partial charge in [0.1, 0.15) is 5.82 Å². The molecule has 0 radical (unpaired) electrons. The van der Waals surface area contributed by atoms with Crippen molar-refractivity contribution in [3.63, 3.8) is 0 Å². The fraction of sp³-hybridized carbons (Fsp3) is 0. The Kier molecular flexibility index (Phi) is 3.88. The number of aromatic nitrogens is 2. The van der Waals surface area contributed by atoms with E-state index < -0.39 is 11.7 Å². The van der Waals surface area contributed by atoms with Gasteiger partial charge in [0.05, 0.1) is 15.1 Å². The molecule has 0 bridgehead atoms. The van der Waals surface area contributed by atoms with E-state index in [9.17, 15) is 9.18 Å². The predicted octanol–water partition coefficient (Wildman–Crippen LogP) is 3.28. The van der Waals surface area contributed by atoms with Gasteiger partial charge >= 0.3 is 0 Å². The Bertz CT molecular complexity index is 571. The Labute approximate surface area is 115 Å². The van der Waals surface area contributed by atoms with Crippen LogP contribution in [-0.2, 0) is 0 Å². The molecular weight excluding hydrogens is 324 g/mol. The molecule has 0 saturated carbocycles. The van der Waals surface area contributed by atoms with E-state index in [0.717, 1.165) is 6.07 Å². The molecule has 0 aliphatic carbocycles. The first-order valence-corrected chi connectivity index (χ1v) is 5.98. The number of nitrogens with one attached hydrogen (secondary N) is 1. The number of rotatable bonds is 2. The Morgan fingerprint density at radius 2 is 2.00 bits per heavy atom. The van der Waals surface area contributed by atoms with Crippen LogP contribution in [0.25, 0.3) is 0 Å². The van der Waals surface area contributed by atoms with Crippen LogP contribution in [0.4, 0.5) is 10.3 Å². The van der Waals surface area contributed by atoms with Crippen molar-refractivity contribution in [1.82, 2.24) is 9.97 Å². The summed E-state index contributed by atoms with van der Waals surface area (Å²) >= 11 is 8.93. The predicted molar refractivity (Wildman–Crippen MR) is 69.1 cm³/mol. The molecule has 0 atom stereocenters. The van der Waals surface area contributed by atoms with Crippen LogP contribution in [0, 0.1) is 5.82 Å². The highest BCUT2D eigenvalue weighted by atomic mass is 79.9. The number of nitrogens with zero attached hydrogens (tertiary/aromatic N) is 2.